The molecule has 2 rings (SSSR count). The van der Waals surface area contributed by atoms with E-state index < -0.39 is 0 Å². The van der Waals surface area contributed by atoms with Crippen molar-refractivity contribution in [2.75, 3.05) is 18.4 Å². The molecule has 0 spiro atoms. The van der Waals surface area contributed by atoms with Gasteiger partial charge in [-0.3, -0.25) is 4.79 Å². The minimum atomic E-state index is 0.168. The van der Waals surface area contributed by atoms with Crippen molar-refractivity contribution in [1.82, 2.24) is 14.9 Å². The Morgan fingerprint density at radius 3 is 2.71 bits per heavy atom. The van der Waals surface area contributed by atoms with Crippen LogP contribution in [0.5, 0.6) is 0 Å². The van der Waals surface area contributed by atoms with Gasteiger partial charge in [-0.05, 0) is 19.8 Å². The quantitative estimate of drug-likeness (QED) is 0.835. The molecule has 17 heavy (non-hydrogen) atoms. The highest BCUT2D eigenvalue weighted by Gasteiger charge is 2.20. The first-order valence-electron chi connectivity index (χ1n) is 5.96. The van der Waals surface area contributed by atoms with E-state index in [1.165, 1.54) is 0 Å². The smallest absolute Gasteiger partial charge is 0.219 e. The molecule has 1 fully saturated rings. The predicted molar refractivity (Wildman–Crippen MR) is 65.7 cm³/mol. The number of nitrogens with one attached hydrogen (secondary N) is 1. The number of likely N-dealkylation sites (tertiary alicyclic amines) is 1. The van der Waals surface area contributed by atoms with Crippen molar-refractivity contribution in [3.05, 3.63) is 18.1 Å². The molecular weight excluding hydrogens is 216 g/mol. The van der Waals surface area contributed by atoms with Crippen molar-refractivity contribution in [1.29, 1.82) is 0 Å². The summed E-state index contributed by atoms with van der Waals surface area (Å²) in [6.07, 6.45) is 3.52. The molecule has 0 unspecified atom stereocenters. The zero-order valence-corrected chi connectivity index (χ0v) is 10.3. The predicted octanol–water partition coefficient (Wildman–Crippen LogP) is 1.21. The zero-order chi connectivity index (χ0) is 12.3. The lowest BCUT2D eigenvalue weighted by Crippen LogP contribution is -2.41. The maximum absolute atomic E-state index is 11.2. The molecule has 1 amide bonds. The van der Waals surface area contributed by atoms with Crippen molar-refractivity contribution in [2.45, 2.75) is 32.7 Å². The van der Waals surface area contributed by atoms with Gasteiger partial charge in [0.2, 0.25) is 5.91 Å². The van der Waals surface area contributed by atoms with E-state index in [0.717, 1.165) is 37.4 Å². The van der Waals surface area contributed by atoms with Crippen LogP contribution in [0.15, 0.2) is 12.4 Å². The third kappa shape index (κ3) is 3.15. The maximum Gasteiger partial charge on any atom is 0.219 e. The Hall–Kier alpha value is -1.65. The highest BCUT2D eigenvalue weighted by molar-refractivity contribution is 5.73. The van der Waals surface area contributed by atoms with Crippen LogP contribution in [-0.2, 0) is 4.79 Å². The summed E-state index contributed by atoms with van der Waals surface area (Å²) in [5.74, 6) is 1.04. The molecule has 1 aromatic heterocycles. The van der Waals surface area contributed by atoms with Crippen LogP contribution in [0.4, 0.5) is 5.82 Å². The van der Waals surface area contributed by atoms with E-state index in [0.29, 0.717) is 6.04 Å². The van der Waals surface area contributed by atoms with Gasteiger partial charge in [0.1, 0.15) is 12.1 Å². The minimum Gasteiger partial charge on any atom is -0.367 e. The number of hydrogen-bond acceptors (Lipinski definition) is 4. The van der Waals surface area contributed by atoms with Gasteiger partial charge in [-0.1, -0.05) is 0 Å². The molecular formula is C12H18N4O. The van der Waals surface area contributed by atoms with Gasteiger partial charge in [-0.25, -0.2) is 9.97 Å². The molecule has 1 saturated heterocycles. The number of anilines is 1. The van der Waals surface area contributed by atoms with Crippen molar-refractivity contribution < 1.29 is 4.79 Å². The minimum absolute atomic E-state index is 0.168. The van der Waals surface area contributed by atoms with E-state index in [9.17, 15) is 4.79 Å². The molecule has 0 aliphatic carbocycles. The van der Waals surface area contributed by atoms with Gasteiger partial charge in [0, 0.05) is 37.8 Å². The number of piperidine rings is 1. The Labute approximate surface area is 101 Å². The molecule has 2 heterocycles. The molecule has 5 nitrogen and oxygen atoms in total. The lowest BCUT2D eigenvalue weighted by Gasteiger charge is -2.31. The molecule has 1 aromatic rings. The van der Waals surface area contributed by atoms with Crippen LogP contribution in [0.1, 0.15) is 25.5 Å². The average molecular weight is 234 g/mol. The van der Waals surface area contributed by atoms with E-state index in [-0.39, 0.29) is 5.91 Å². The number of rotatable bonds is 2. The third-order valence-corrected chi connectivity index (χ3v) is 3.10. The maximum atomic E-state index is 11.2. The Bertz CT molecular complexity index is 399. The van der Waals surface area contributed by atoms with Crippen LogP contribution in [0.2, 0.25) is 0 Å². The molecule has 1 aliphatic heterocycles. The first kappa shape index (κ1) is 11.8. The fourth-order valence-corrected chi connectivity index (χ4v) is 2.08. The summed E-state index contributed by atoms with van der Waals surface area (Å²) in [5, 5.41) is 3.39. The van der Waals surface area contributed by atoms with Gasteiger partial charge in [-0.15, -0.1) is 0 Å². The summed E-state index contributed by atoms with van der Waals surface area (Å²) in [7, 11) is 0. The van der Waals surface area contributed by atoms with Gasteiger partial charge >= 0.3 is 0 Å². The standard InChI is InChI=1S/C12H18N4O/c1-9-7-12(14-8-13-9)15-11-3-5-16(6-4-11)10(2)17/h7-8,11H,3-6H2,1-2H3,(H,13,14,15). The Kier molecular flexibility index (Phi) is 3.56. The van der Waals surface area contributed by atoms with Gasteiger partial charge in [0.15, 0.2) is 0 Å². The van der Waals surface area contributed by atoms with E-state index in [1.54, 1.807) is 13.3 Å². The molecule has 92 valence electrons. The summed E-state index contributed by atoms with van der Waals surface area (Å²) >= 11 is 0. The Balaban J connectivity index is 1.88. The summed E-state index contributed by atoms with van der Waals surface area (Å²) < 4.78 is 0. The van der Waals surface area contributed by atoms with Crippen LogP contribution in [0.3, 0.4) is 0 Å². The number of carbonyl (C=O) groups excluding carboxylic acids is 1. The first-order valence-corrected chi connectivity index (χ1v) is 5.96. The van der Waals surface area contributed by atoms with Crippen LogP contribution >= 0.6 is 0 Å². The highest BCUT2D eigenvalue weighted by Crippen LogP contribution is 2.15. The largest absolute Gasteiger partial charge is 0.367 e. The average Bonchev–Trinajstić information content (AvgIpc) is 2.29. The Morgan fingerprint density at radius 1 is 1.41 bits per heavy atom. The normalized spacial score (nSPS) is 16.9. The van der Waals surface area contributed by atoms with Crippen molar-refractivity contribution in [2.24, 2.45) is 0 Å². The summed E-state index contributed by atoms with van der Waals surface area (Å²) in [6, 6.07) is 2.34. The van der Waals surface area contributed by atoms with Crippen LogP contribution < -0.4 is 5.32 Å². The highest BCUT2D eigenvalue weighted by atomic mass is 16.2. The molecule has 0 bridgehead atoms. The van der Waals surface area contributed by atoms with Crippen LogP contribution in [0, 0.1) is 6.92 Å². The summed E-state index contributed by atoms with van der Waals surface area (Å²) in [4.78, 5) is 21.3. The molecule has 0 atom stereocenters. The monoisotopic (exact) mass is 234 g/mol. The fourth-order valence-electron chi connectivity index (χ4n) is 2.08. The van der Waals surface area contributed by atoms with Gasteiger partial charge in [-0.2, -0.15) is 0 Å². The van der Waals surface area contributed by atoms with Crippen molar-refractivity contribution in [3.63, 3.8) is 0 Å². The first-order chi connectivity index (χ1) is 8.15. The van der Waals surface area contributed by atoms with Gasteiger partial charge in [0.25, 0.3) is 0 Å². The van der Waals surface area contributed by atoms with Crippen LogP contribution in [-0.4, -0.2) is 39.9 Å². The molecule has 1 N–H and O–H groups in total. The second-order valence-electron chi connectivity index (χ2n) is 4.47. The second kappa shape index (κ2) is 5.12. The zero-order valence-electron chi connectivity index (χ0n) is 10.3. The number of hydrogen-bond donors (Lipinski definition) is 1. The van der Waals surface area contributed by atoms with Crippen molar-refractivity contribution in [3.8, 4) is 0 Å². The number of nitrogens with zero attached hydrogens (tertiary/aromatic N) is 3. The fraction of sp³-hybridized carbons (Fsp3) is 0.583. The number of amides is 1. The third-order valence-electron chi connectivity index (χ3n) is 3.10. The Morgan fingerprint density at radius 2 is 2.12 bits per heavy atom. The molecule has 0 aromatic carbocycles. The summed E-state index contributed by atoms with van der Waals surface area (Å²) in [5.41, 5.74) is 0.962. The molecule has 0 radical (unpaired) electrons. The van der Waals surface area contributed by atoms with Crippen LogP contribution in [0.25, 0.3) is 0 Å². The summed E-state index contributed by atoms with van der Waals surface area (Å²) in [6.45, 7) is 5.24. The number of carbonyl (C=O) groups is 1. The molecule has 0 saturated carbocycles. The van der Waals surface area contributed by atoms with Crippen molar-refractivity contribution >= 4 is 11.7 Å². The lowest BCUT2D eigenvalue weighted by atomic mass is 10.1. The number of aryl methyl sites for hydroxylation is 1. The van der Waals surface area contributed by atoms with Gasteiger partial charge in [0.05, 0.1) is 0 Å². The molecule has 1 aliphatic rings. The van der Waals surface area contributed by atoms with E-state index >= 15 is 0 Å². The number of aromatic nitrogens is 2. The van der Waals surface area contributed by atoms with E-state index in [1.807, 2.05) is 17.9 Å². The van der Waals surface area contributed by atoms with Gasteiger partial charge < -0.3 is 10.2 Å². The second-order valence-corrected chi connectivity index (χ2v) is 4.47. The SMILES string of the molecule is CC(=O)N1CCC(Nc2cc(C)ncn2)CC1. The topological polar surface area (TPSA) is 58.1 Å². The molecule has 5 heteroatoms. The lowest BCUT2D eigenvalue weighted by molar-refractivity contribution is -0.129. The van der Waals surface area contributed by atoms with E-state index in [4.69, 9.17) is 0 Å². The van der Waals surface area contributed by atoms with E-state index in [2.05, 4.69) is 15.3 Å².